The second-order valence-electron chi connectivity index (χ2n) is 5.00. The van der Waals surface area contributed by atoms with E-state index in [0.717, 1.165) is 25.7 Å². The number of carbonyl (C=O) groups excluding carboxylic acids is 1. The molecular formula is C14H17Cl2NO2. The summed E-state index contributed by atoms with van der Waals surface area (Å²) in [4.78, 5) is 12.0. The van der Waals surface area contributed by atoms with E-state index in [9.17, 15) is 9.90 Å². The van der Waals surface area contributed by atoms with Crippen LogP contribution in [0.1, 0.15) is 36.0 Å². The Morgan fingerprint density at radius 1 is 1.42 bits per heavy atom. The topological polar surface area (TPSA) is 49.3 Å². The van der Waals surface area contributed by atoms with E-state index >= 15 is 0 Å². The number of carbonyl (C=O) groups is 1. The highest BCUT2D eigenvalue weighted by molar-refractivity contribution is 6.33. The first-order chi connectivity index (χ1) is 9.06. The number of hydrogen-bond donors (Lipinski definition) is 2. The molecule has 19 heavy (non-hydrogen) atoms. The first kappa shape index (κ1) is 14.5. The molecule has 1 aliphatic carbocycles. The van der Waals surface area contributed by atoms with Crippen LogP contribution in [0.5, 0.6) is 5.75 Å². The summed E-state index contributed by atoms with van der Waals surface area (Å²) in [6.07, 6.45) is 4.21. The normalized spacial score (nSPS) is 23.1. The molecule has 2 N–H and O–H groups in total. The van der Waals surface area contributed by atoms with Crippen LogP contribution in [-0.2, 0) is 0 Å². The lowest BCUT2D eigenvalue weighted by atomic mass is 9.89. The van der Waals surface area contributed by atoms with Gasteiger partial charge in [-0.05, 0) is 43.4 Å². The maximum Gasteiger partial charge on any atom is 0.252 e. The van der Waals surface area contributed by atoms with Gasteiger partial charge in [0, 0.05) is 11.9 Å². The molecule has 0 heterocycles. The van der Waals surface area contributed by atoms with E-state index in [4.69, 9.17) is 23.2 Å². The smallest absolute Gasteiger partial charge is 0.252 e. The van der Waals surface area contributed by atoms with E-state index in [1.54, 1.807) is 0 Å². The molecule has 3 nitrogen and oxygen atoms in total. The molecule has 2 rings (SSSR count). The minimum atomic E-state index is -0.252. The molecule has 1 amide bonds. The van der Waals surface area contributed by atoms with Crippen molar-refractivity contribution in [2.75, 3.05) is 6.54 Å². The summed E-state index contributed by atoms with van der Waals surface area (Å²) in [5, 5.41) is 12.8. The van der Waals surface area contributed by atoms with Gasteiger partial charge in [0.2, 0.25) is 0 Å². The molecular weight excluding hydrogens is 285 g/mol. The molecule has 2 atom stereocenters. The van der Waals surface area contributed by atoms with Crippen molar-refractivity contribution in [1.29, 1.82) is 0 Å². The largest absolute Gasteiger partial charge is 0.508 e. The lowest BCUT2D eigenvalue weighted by Gasteiger charge is -2.25. The van der Waals surface area contributed by atoms with E-state index in [1.807, 2.05) is 0 Å². The number of rotatable bonds is 3. The second kappa shape index (κ2) is 6.49. The van der Waals surface area contributed by atoms with Gasteiger partial charge >= 0.3 is 0 Å². The first-order valence-electron chi connectivity index (χ1n) is 6.47. The third kappa shape index (κ3) is 4.02. The molecule has 0 bridgehead atoms. The molecule has 1 aliphatic rings. The van der Waals surface area contributed by atoms with Gasteiger partial charge < -0.3 is 10.4 Å². The Bertz CT molecular complexity index is 465. The predicted molar refractivity (Wildman–Crippen MR) is 77.0 cm³/mol. The van der Waals surface area contributed by atoms with Crippen molar-refractivity contribution in [3.8, 4) is 5.75 Å². The van der Waals surface area contributed by atoms with Gasteiger partial charge in [0.25, 0.3) is 5.91 Å². The summed E-state index contributed by atoms with van der Waals surface area (Å²) in [5.41, 5.74) is 0.305. The van der Waals surface area contributed by atoms with Crippen LogP contribution in [0.2, 0.25) is 5.02 Å². The minimum Gasteiger partial charge on any atom is -0.508 e. The SMILES string of the molecule is O=C(NCC1CCCC(Cl)C1)c1cc(O)ccc1Cl. The van der Waals surface area contributed by atoms with Gasteiger partial charge in [-0.25, -0.2) is 0 Å². The van der Waals surface area contributed by atoms with E-state index in [0.29, 0.717) is 23.0 Å². The number of hydrogen-bond acceptors (Lipinski definition) is 2. The fourth-order valence-electron chi connectivity index (χ4n) is 2.43. The quantitative estimate of drug-likeness (QED) is 0.839. The molecule has 5 heteroatoms. The molecule has 1 aromatic carbocycles. The van der Waals surface area contributed by atoms with Crippen molar-refractivity contribution >= 4 is 29.1 Å². The van der Waals surface area contributed by atoms with Crippen molar-refractivity contribution in [3.05, 3.63) is 28.8 Å². The molecule has 0 aromatic heterocycles. The van der Waals surface area contributed by atoms with Crippen LogP contribution in [0.15, 0.2) is 18.2 Å². The Kier molecular flexibility index (Phi) is 4.94. The maximum atomic E-state index is 12.0. The molecule has 104 valence electrons. The third-order valence-electron chi connectivity index (χ3n) is 3.46. The minimum absolute atomic E-state index is 0.0352. The van der Waals surface area contributed by atoms with Gasteiger partial charge in [-0.1, -0.05) is 18.0 Å². The van der Waals surface area contributed by atoms with E-state index in [-0.39, 0.29) is 17.0 Å². The number of alkyl halides is 1. The van der Waals surface area contributed by atoms with E-state index in [2.05, 4.69) is 5.32 Å². The molecule has 2 unspecified atom stereocenters. The van der Waals surface area contributed by atoms with Crippen LogP contribution in [0.4, 0.5) is 0 Å². The third-order valence-corrected chi connectivity index (χ3v) is 4.19. The summed E-state index contributed by atoms with van der Waals surface area (Å²) in [6, 6.07) is 4.35. The summed E-state index contributed by atoms with van der Waals surface area (Å²) in [5.74, 6) is 0.210. The molecule has 0 radical (unpaired) electrons. The van der Waals surface area contributed by atoms with Crippen LogP contribution >= 0.6 is 23.2 Å². The van der Waals surface area contributed by atoms with Gasteiger partial charge in [0.15, 0.2) is 0 Å². The zero-order valence-electron chi connectivity index (χ0n) is 10.5. The van der Waals surface area contributed by atoms with Crippen LogP contribution in [0, 0.1) is 5.92 Å². The Morgan fingerprint density at radius 3 is 2.95 bits per heavy atom. The van der Waals surface area contributed by atoms with Crippen LogP contribution in [-0.4, -0.2) is 22.9 Å². The number of halogens is 2. The zero-order valence-corrected chi connectivity index (χ0v) is 12.0. The average molecular weight is 302 g/mol. The Morgan fingerprint density at radius 2 is 2.21 bits per heavy atom. The lowest BCUT2D eigenvalue weighted by molar-refractivity contribution is 0.0943. The lowest BCUT2D eigenvalue weighted by Crippen LogP contribution is -2.32. The Labute approximate surface area is 122 Å². The van der Waals surface area contributed by atoms with Crippen molar-refractivity contribution in [3.63, 3.8) is 0 Å². The molecule has 1 saturated carbocycles. The van der Waals surface area contributed by atoms with Crippen LogP contribution in [0.25, 0.3) is 0 Å². The molecule has 0 saturated heterocycles. The number of phenols is 1. The second-order valence-corrected chi connectivity index (χ2v) is 6.03. The van der Waals surface area contributed by atoms with Gasteiger partial charge in [0.05, 0.1) is 10.6 Å². The van der Waals surface area contributed by atoms with Crippen molar-refractivity contribution in [2.45, 2.75) is 31.1 Å². The fraction of sp³-hybridized carbons (Fsp3) is 0.500. The fourth-order valence-corrected chi connectivity index (χ4v) is 3.04. The molecule has 1 fully saturated rings. The van der Waals surface area contributed by atoms with Crippen molar-refractivity contribution in [1.82, 2.24) is 5.32 Å². The highest BCUT2D eigenvalue weighted by atomic mass is 35.5. The van der Waals surface area contributed by atoms with Gasteiger partial charge in [-0.3, -0.25) is 4.79 Å². The monoisotopic (exact) mass is 301 g/mol. The maximum absolute atomic E-state index is 12.0. The summed E-state index contributed by atoms with van der Waals surface area (Å²) >= 11 is 12.1. The van der Waals surface area contributed by atoms with Gasteiger partial charge in [-0.15, -0.1) is 11.6 Å². The molecule has 1 aromatic rings. The van der Waals surface area contributed by atoms with Gasteiger partial charge in [0.1, 0.15) is 5.75 Å². The van der Waals surface area contributed by atoms with Crippen molar-refractivity contribution in [2.24, 2.45) is 5.92 Å². The highest BCUT2D eigenvalue weighted by Gasteiger charge is 2.21. The van der Waals surface area contributed by atoms with Gasteiger partial charge in [-0.2, -0.15) is 0 Å². The zero-order chi connectivity index (χ0) is 13.8. The number of nitrogens with one attached hydrogen (secondary N) is 1. The van der Waals surface area contributed by atoms with E-state index < -0.39 is 0 Å². The Balaban J connectivity index is 1.92. The standard InChI is InChI=1S/C14H17Cl2NO2/c15-10-3-1-2-9(6-10)8-17-14(19)12-7-11(18)4-5-13(12)16/h4-5,7,9-10,18H,1-3,6,8H2,(H,17,19). The summed E-state index contributed by atoms with van der Waals surface area (Å²) < 4.78 is 0. The number of phenolic OH excluding ortho intramolecular Hbond substituents is 1. The van der Waals surface area contributed by atoms with Crippen molar-refractivity contribution < 1.29 is 9.90 Å². The number of benzene rings is 1. The van der Waals surface area contributed by atoms with E-state index in [1.165, 1.54) is 18.2 Å². The first-order valence-corrected chi connectivity index (χ1v) is 7.28. The predicted octanol–water partition coefficient (Wildman–Crippen LogP) is 3.57. The molecule has 0 aliphatic heterocycles. The number of amides is 1. The Hall–Kier alpha value is -0.930. The highest BCUT2D eigenvalue weighted by Crippen LogP contribution is 2.27. The summed E-state index contributed by atoms with van der Waals surface area (Å²) in [6.45, 7) is 0.605. The van der Waals surface area contributed by atoms with Crippen LogP contribution < -0.4 is 5.32 Å². The number of aromatic hydroxyl groups is 1. The van der Waals surface area contributed by atoms with Crippen LogP contribution in [0.3, 0.4) is 0 Å². The average Bonchev–Trinajstić information content (AvgIpc) is 2.39. The summed E-state index contributed by atoms with van der Waals surface area (Å²) in [7, 11) is 0. The molecule has 0 spiro atoms.